The minimum absolute atomic E-state index is 0.659. The Morgan fingerprint density at radius 1 is 1.28 bits per heavy atom. The first-order chi connectivity index (χ1) is 8.72. The summed E-state index contributed by atoms with van der Waals surface area (Å²) in [4.78, 5) is 2.37. The molecule has 1 saturated carbocycles. The van der Waals surface area contributed by atoms with Gasteiger partial charge in [0.25, 0.3) is 0 Å². The van der Waals surface area contributed by atoms with Crippen LogP contribution in [0.5, 0.6) is 0 Å². The first-order valence-corrected chi connectivity index (χ1v) is 7.26. The number of halogens is 1. The summed E-state index contributed by atoms with van der Waals surface area (Å²) in [6.45, 7) is 0.868. The zero-order valence-electron chi connectivity index (χ0n) is 11.4. The number of hydrogen-bond donors (Lipinski definition) is 1. The summed E-state index contributed by atoms with van der Waals surface area (Å²) in [6.07, 6.45) is 6.68. The van der Waals surface area contributed by atoms with Gasteiger partial charge in [0.15, 0.2) is 0 Å². The highest BCUT2D eigenvalue weighted by atomic mass is 35.5. The largest absolute Gasteiger partial charge is 0.370 e. The first-order valence-electron chi connectivity index (χ1n) is 6.88. The first kappa shape index (κ1) is 13.7. The van der Waals surface area contributed by atoms with Crippen LogP contribution in [0.3, 0.4) is 0 Å². The molecule has 1 aliphatic carbocycles. The van der Waals surface area contributed by atoms with Crippen LogP contribution in [0.4, 0.5) is 5.69 Å². The molecule has 0 unspecified atom stereocenters. The Morgan fingerprint density at radius 2 is 2.00 bits per heavy atom. The Hall–Kier alpha value is -0.730. The summed E-state index contributed by atoms with van der Waals surface area (Å²) < 4.78 is 0. The molecular formula is C15H23ClN2. The van der Waals surface area contributed by atoms with E-state index in [1.165, 1.54) is 43.4 Å². The number of benzene rings is 1. The molecule has 1 N–H and O–H groups in total. The third-order valence-electron chi connectivity index (χ3n) is 3.90. The van der Waals surface area contributed by atoms with Gasteiger partial charge in [-0.25, -0.2) is 0 Å². The van der Waals surface area contributed by atoms with Crippen LogP contribution in [0.15, 0.2) is 18.2 Å². The van der Waals surface area contributed by atoms with Crippen LogP contribution in [-0.4, -0.2) is 20.1 Å². The third kappa shape index (κ3) is 3.18. The van der Waals surface area contributed by atoms with Gasteiger partial charge in [0, 0.05) is 19.6 Å². The Morgan fingerprint density at radius 3 is 2.61 bits per heavy atom. The Bertz CT molecular complexity index is 386. The van der Waals surface area contributed by atoms with Crippen LogP contribution in [0.2, 0.25) is 5.02 Å². The van der Waals surface area contributed by atoms with E-state index in [1.54, 1.807) is 0 Å². The molecule has 0 amide bonds. The lowest BCUT2D eigenvalue weighted by molar-refractivity contribution is 0.427. The smallest absolute Gasteiger partial charge is 0.0642 e. The zero-order valence-corrected chi connectivity index (χ0v) is 12.1. The van der Waals surface area contributed by atoms with Gasteiger partial charge in [0.1, 0.15) is 0 Å². The van der Waals surface area contributed by atoms with Crippen LogP contribution in [0.25, 0.3) is 0 Å². The van der Waals surface area contributed by atoms with Crippen molar-refractivity contribution in [1.82, 2.24) is 5.32 Å². The van der Waals surface area contributed by atoms with Gasteiger partial charge < -0.3 is 10.2 Å². The normalized spacial score (nSPS) is 16.8. The van der Waals surface area contributed by atoms with Crippen molar-refractivity contribution in [3.05, 3.63) is 28.8 Å². The van der Waals surface area contributed by atoms with Gasteiger partial charge in [-0.05, 0) is 37.6 Å². The van der Waals surface area contributed by atoms with Crippen molar-refractivity contribution in [2.24, 2.45) is 0 Å². The topological polar surface area (TPSA) is 15.3 Å². The SMILES string of the molecule is CNCc1ccc(N(C)C2CCCCC2)c(Cl)c1. The maximum absolute atomic E-state index is 6.41. The van der Waals surface area contributed by atoms with Gasteiger partial charge in [0.05, 0.1) is 10.7 Å². The fourth-order valence-corrected chi connectivity index (χ4v) is 3.15. The fraction of sp³-hybridized carbons (Fsp3) is 0.600. The number of anilines is 1. The van der Waals surface area contributed by atoms with Crippen molar-refractivity contribution < 1.29 is 0 Å². The van der Waals surface area contributed by atoms with E-state index in [1.807, 2.05) is 7.05 Å². The fourth-order valence-electron chi connectivity index (χ4n) is 2.82. The minimum Gasteiger partial charge on any atom is -0.370 e. The predicted octanol–water partition coefficient (Wildman–Crippen LogP) is 3.83. The Balaban J connectivity index is 2.11. The average molecular weight is 267 g/mol. The number of hydrogen-bond acceptors (Lipinski definition) is 2. The van der Waals surface area contributed by atoms with E-state index < -0.39 is 0 Å². The highest BCUT2D eigenvalue weighted by Crippen LogP contribution is 2.31. The summed E-state index contributed by atoms with van der Waals surface area (Å²) >= 11 is 6.41. The van der Waals surface area contributed by atoms with E-state index in [0.717, 1.165) is 11.6 Å². The molecule has 18 heavy (non-hydrogen) atoms. The van der Waals surface area contributed by atoms with Crippen LogP contribution >= 0.6 is 11.6 Å². The third-order valence-corrected chi connectivity index (χ3v) is 4.20. The Labute approximate surface area is 115 Å². The molecule has 0 bridgehead atoms. The second kappa shape index (κ2) is 6.44. The molecule has 1 fully saturated rings. The highest BCUT2D eigenvalue weighted by Gasteiger charge is 2.19. The molecule has 100 valence electrons. The van der Waals surface area contributed by atoms with Crippen molar-refractivity contribution >= 4 is 17.3 Å². The molecule has 1 aliphatic rings. The summed E-state index contributed by atoms with van der Waals surface area (Å²) in [6, 6.07) is 7.05. The summed E-state index contributed by atoms with van der Waals surface area (Å²) in [5.74, 6) is 0. The average Bonchev–Trinajstić information content (AvgIpc) is 2.40. The Kier molecular flexibility index (Phi) is 4.90. The molecule has 0 atom stereocenters. The van der Waals surface area contributed by atoms with E-state index >= 15 is 0 Å². The lowest BCUT2D eigenvalue weighted by Gasteiger charge is -2.33. The molecule has 0 aliphatic heterocycles. The summed E-state index contributed by atoms with van der Waals surface area (Å²) in [7, 11) is 4.13. The molecule has 2 rings (SSSR count). The molecule has 1 aromatic carbocycles. The second-order valence-electron chi connectivity index (χ2n) is 5.22. The summed E-state index contributed by atoms with van der Waals surface area (Å²) in [5, 5.41) is 4.02. The van der Waals surface area contributed by atoms with Crippen molar-refractivity contribution in [3.63, 3.8) is 0 Å². The summed E-state index contributed by atoms with van der Waals surface area (Å²) in [5.41, 5.74) is 2.41. The zero-order chi connectivity index (χ0) is 13.0. The number of rotatable bonds is 4. The van der Waals surface area contributed by atoms with Crippen molar-refractivity contribution in [3.8, 4) is 0 Å². The number of nitrogens with one attached hydrogen (secondary N) is 1. The van der Waals surface area contributed by atoms with E-state index in [9.17, 15) is 0 Å². The van der Waals surface area contributed by atoms with Gasteiger partial charge in [0.2, 0.25) is 0 Å². The van der Waals surface area contributed by atoms with E-state index in [4.69, 9.17) is 11.6 Å². The molecule has 0 radical (unpaired) electrons. The van der Waals surface area contributed by atoms with E-state index in [0.29, 0.717) is 6.04 Å². The quantitative estimate of drug-likeness (QED) is 0.891. The second-order valence-corrected chi connectivity index (χ2v) is 5.63. The maximum atomic E-state index is 6.41. The van der Waals surface area contributed by atoms with Gasteiger partial charge in [-0.1, -0.05) is 36.9 Å². The lowest BCUT2D eigenvalue weighted by Crippen LogP contribution is -2.33. The van der Waals surface area contributed by atoms with Crippen molar-refractivity contribution in [2.75, 3.05) is 19.0 Å². The predicted molar refractivity (Wildman–Crippen MR) is 79.5 cm³/mol. The molecular weight excluding hydrogens is 244 g/mol. The molecule has 2 nitrogen and oxygen atoms in total. The number of nitrogens with zero attached hydrogens (tertiary/aromatic N) is 1. The van der Waals surface area contributed by atoms with Gasteiger partial charge in [-0.2, -0.15) is 0 Å². The molecule has 3 heteroatoms. The molecule has 1 aromatic rings. The maximum Gasteiger partial charge on any atom is 0.0642 e. The van der Waals surface area contributed by atoms with Crippen molar-refractivity contribution in [1.29, 1.82) is 0 Å². The van der Waals surface area contributed by atoms with Crippen LogP contribution in [-0.2, 0) is 6.54 Å². The molecule has 0 saturated heterocycles. The van der Waals surface area contributed by atoms with Crippen LogP contribution in [0, 0.1) is 0 Å². The molecule has 0 heterocycles. The van der Waals surface area contributed by atoms with Crippen LogP contribution in [0.1, 0.15) is 37.7 Å². The van der Waals surface area contributed by atoms with Gasteiger partial charge in [-0.15, -0.1) is 0 Å². The standard InChI is InChI=1S/C15H23ClN2/c1-17-11-12-8-9-15(14(16)10-12)18(2)13-6-4-3-5-7-13/h8-10,13,17H,3-7,11H2,1-2H3. The van der Waals surface area contributed by atoms with Gasteiger partial charge >= 0.3 is 0 Å². The van der Waals surface area contributed by atoms with Crippen molar-refractivity contribution in [2.45, 2.75) is 44.7 Å². The minimum atomic E-state index is 0.659. The molecule has 0 spiro atoms. The molecule has 0 aromatic heterocycles. The van der Waals surface area contributed by atoms with Gasteiger partial charge in [-0.3, -0.25) is 0 Å². The monoisotopic (exact) mass is 266 g/mol. The lowest BCUT2D eigenvalue weighted by atomic mass is 9.94. The van der Waals surface area contributed by atoms with E-state index in [-0.39, 0.29) is 0 Å². The highest BCUT2D eigenvalue weighted by molar-refractivity contribution is 6.33. The van der Waals surface area contributed by atoms with Crippen LogP contribution < -0.4 is 10.2 Å². The van der Waals surface area contributed by atoms with E-state index in [2.05, 4.69) is 35.5 Å².